The van der Waals surface area contributed by atoms with E-state index in [-0.39, 0.29) is 11.8 Å². The molecule has 4 nitrogen and oxygen atoms in total. The zero-order chi connectivity index (χ0) is 16.9. The Morgan fingerprint density at radius 3 is 2.67 bits per heavy atom. The predicted molar refractivity (Wildman–Crippen MR) is 99.8 cm³/mol. The Kier molecular flexibility index (Phi) is 5.11. The molecule has 0 spiro atoms. The van der Waals surface area contributed by atoms with Crippen LogP contribution in [-0.4, -0.2) is 18.4 Å². The largest absolute Gasteiger partial charge is 0.322 e. The van der Waals surface area contributed by atoms with Gasteiger partial charge in [-0.3, -0.25) is 9.59 Å². The lowest BCUT2D eigenvalue weighted by Crippen LogP contribution is -2.23. The number of carbonyl (C=O) groups is 2. The number of nitrogens with one attached hydrogen (secondary N) is 1. The highest BCUT2D eigenvalue weighted by Crippen LogP contribution is 2.24. The Morgan fingerprint density at radius 2 is 1.96 bits per heavy atom. The molecule has 1 aliphatic heterocycles. The number of hydrogen-bond donors (Lipinski definition) is 1. The first kappa shape index (κ1) is 16.5. The van der Waals surface area contributed by atoms with Crippen LogP contribution in [-0.2, 0) is 9.59 Å². The third-order valence-corrected chi connectivity index (χ3v) is 4.32. The summed E-state index contributed by atoms with van der Waals surface area (Å²) < 4.78 is 0.998. The topological polar surface area (TPSA) is 49.4 Å². The highest BCUT2D eigenvalue weighted by Gasteiger charge is 2.21. The minimum absolute atomic E-state index is 0.133. The van der Waals surface area contributed by atoms with Crippen LogP contribution in [0.15, 0.2) is 59.1 Å². The number of benzene rings is 2. The van der Waals surface area contributed by atoms with Crippen LogP contribution in [0.3, 0.4) is 0 Å². The highest BCUT2D eigenvalue weighted by molar-refractivity contribution is 9.10. The van der Waals surface area contributed by atoms with Crippen molar-refractivity contribution in [2.45, 2.75) is 12.8 Å². The molecule has 122 valence electrons. The molecule has 24 heavy (non-hydrogen) atoms. The van der Waals surface area contributed by atoms with E-state index in [4.69, 9.17) is 0 Å². The quantitative estimate of drug-likeness (QED) is 0.801. The van der Waals surface area contributed by atoms with Gasteiger partial charge in [-0.25, -0.2) is 0 Å². The fraction of sp³-hybridized carbons (Fsp3) is 0.158. The van der Waals surface area contributed by atoms with Gasteiger partial charge in [0.25, 0.3) is 0 Å². The SMILES string of the molecule is O=C(/C=C/c1ccc(Br)cc1)Nc1cccc(N2CCCC2=O)c1. The van der Waals surface area contributed by atoms with Gasteiger partial charge in [-0.2, -0.15) is 0 Å². The van der Waals surface area contributed by atoms with E-state index in [9.17, 15) is 9.59 Å². The van der Waals surface area contributed by atoms with Gasteiger partial charge in [-0.05, 0) is 48.4 Å². The Labute approximate surface area is 149 Å². The standard InChI is InChI=1S/C19H17BrN2O2/c20-15-9-6-14(7-10-15)8-11-18(23)21-16-3-1-4-17(13-16)22-12-2-5-19(22)24/h1,3-4,6-11,13H,2,5,12H2,(H,21,23)/b11-8+. The number of carbonyl (C=O) groups excluding carboxylic acids is 2. The molecule has 0 unspecified atom stereocenters. The van der Waals surface area contributed by atoms with Crippen molar-refractivity contribution in [3.63, 3.8) is 0 Å². The molecule has 0 aromatic heterocycles. The van der Waals surface area contributed by atoms with Crippen LogP contribution in [0.1, 0.15) is 18.4 Å². The van der Waals surface area contributed by atoms with Crippen molar-refractivity contribution in [1.82, 2.24) is 0 Å². The summed E-state index contributed by atoms with van der Waals surface area (Å²) in [7, 11) is 0. The van der Waals surface area contributed by atoms with E-state index in [1.54, 1.807) is 11.0 Å². The second-order valence-corrected chi connectivity index (χ2v) is 6.49. The molecule has 1 aliphatic rings. The third-order valence-electron chi connectivity index (χ3n) is 3.80. The van der Waals surface area contributed by atoms with Crippen LogP contribution in [0.2, 0.25) is 0 Å². The first-order valence-corrected chi connectivity index (χ1v) is 8.56. The van der Waals surface area contributed by atoms with Crippen LogP contribution in [0, 0.1) is 0 Å². The number of amides is 2. The van der Waals surface area contributed by atoms with Gasteiger partial charge in [-0.15, -0.1) is 0 Å². The fourth-order valence-corrected chi connectivity index (χ4v) is 2.87. The highest BCUT2D eigenvalue weighted by atomic mass is 79.9. The normalized spacial score (nSPS) is 14.4. The van der Waals surface area contributed by atoms with E-state index in [2.05, 4.69) is 21.2 Å². The van der Waals surface area contributed by atoms with Crippen LogP contribution >= 0.6 is 15.9 Å². The molecule has 2 aromatic carbocycles. The van der Waals surface area contributed by atoms with E-state index in [0.29, 0.717) is 12.1 Å². The summed E-state index contributed by atoms with van der Waals surface area (Å²) in [5.74, 6) is -0.0728. The van der Waals surface area contributed by atoms with Gasteiger partial charge < -0.3 is 10.2 Å². The molecule has 3 rings (SSSR count). The summed E-state index contributed by atoms with van der Waals surface area (Å²) >= 11 is 3.38. The average Bonchev–Trinajstić information content (AvgIpc) is 3.01. The molecule has 0 atom stereocenters. The van der Waals surface area contributed by atoms with Gasteiger partial charge in [0.15, 0.2) is 0 Å². The van der Waals surface area contributed by atoms with Crippen LogP contribution in [0.4, 0.5) is 11.4 Å². The predicted octanol–water partition coefficient (Wildman–Crippen LogP) is 4.23. The summed E-state index contributed by atoms with van der Waals surface area (Å²) in [5, 5.41) is 2.83. The van der Waals surface area contributed by atoms with Crippen molar-refractivity contribution >= 4 is 45.2 Å². The molecular formula is C19H17BrN2O2. The molecule has 1 N–H and O–H groups in total. The first-order chi connectivity index (χ1) is 11.6. The van der Waals surface area contributed by atoms with Crippen molar-refractivity contribution in [2.75, 3.05) is 16.8 Å². The minimum atomic E-state index is -0.206. The number of hydrogen-bond acceptors (Lipinski definition) is 2. The second-order valence-electron chi connectivity index (χ2n) is 5.57. The fourth-order valence-electron chi connectivity index (χ4n) is 2.60. The van der Waals surface area contributed by atoms with Crippen LogP contribution in [0.5, 0.6) is 0 Å². The molecule has 5 heteroatoms. The van der Waals surface area contributed by atoms with E-state index >= 15 is 0 Å². The lowest BCUT2D eigenvalue weighted by molar-refractivity contribution is -0.117. The summed E-state index contributed by atoms with van der Waals surface area (Å²) in [5.41, 5.74) is 2.45. The number of anilines is 2. The first-order valence-electron chi connectivity index (χ1n) is 7.77. The monoisotopic (exact) mass is 384 g/mol. The lowest BCUT2D eigenvalue weighted by Gasteiger charge is -2.16. The third kappa shape index (κ3) is 4.11. The van der Waals surface area contributed by atoms with Gasteiger partial charge in [0.1, 0.15) is 0 Å². The van der Waals surface area contributed by atoms with E-state index in [1.165, 1.54) is 6.08 Å². The Morgan fingerprint density at radius 1 is 1.17 bits per heavy atom. The van der Waals surface area contributed by atoms with Crippen molar-refractivity contribution < 1.29 is 9.59 Å². The van der Waals surface area contributed by atoms with Crippen molar-refractivity contribution in [3.8, 4) is 0 Å². The van der Waals surface area contributed by atoms with E-state index in [1.807, 2.05) is 48.5 Å². The maximum atomic E-state index is 12.1. The van der Waals surface area contributed by atoms with Crippen LogP contribution in [0.25, 0.3) is 6.08 Å². The summed E-state index contributed by atoms with van der Waals surface area (Å²) in [6, 6.07) is 15.1. The molecule has 1 saturated heterocycles. The molecule has 0 aliphatic carbocycles. The number of halogens is 1. The van der Waals surface area contributed by atoms with Crippen molar-refractivity contribution in [1.29, 1.82) is 0 Å². The number of nitrogens with zero attached hydrogens (tertiary/aromatic N) is 1. The number of rotatable bonds is 4. The van der Waals surface area contributed by atoms with Crippen molar-refractivity contribution in [3.05, 3.63) is 64.6 Å². The van der Waals surface area contributed by atoms with Gasteiger partial charge >= 0.3 is 0 Å². The summed E-state index contributed by atoms with van der Waals surface area (Å²) in [4.78, 5) is 25.6. The Bertz CT molecular complexity index is 784. The molecular weight excluding hydrogens is 368 g/mol. The average molecular weight is 385 g/mol. The molecule has 1 heterocycles. The minimum Gasteiger partial charge on any atom is -0.322 e. The van der Waals surface area contributed by atoms with E-state index in [0.717, 1.165) is 28.7 Å². The molecule has 2 aromatic rings. The Balaban J connectivity index is 1.66. The summed E-state index contributed by atoms with van der Waals surface area (Å²) in [6.45, 7) is 0.736. The molecule has 0 bridgehead atoms. The lowest BCUT2D eigenvalue weighted by atomic mass is 10.2. The van der Waals surface area contributed by atoms with E-state index < -0.39 is 0 Å². The molecule has 1 fully saturated rings. The van der Waals surface area contributed by atoms with Gasteiger partial charge in [-0.1, -0.05) is 34.1 Å². The molecule has 0 saturated carbocycles. The molecule has 2 amide bonds. The Hall–Kier alpha value is -2.40. The van der Waals surface area contributed by atoms with Gasteiger partial charge in [0.2, 0.25) is 11.8 Å². The molecule has 0 radical (unpaired) electrons. The zero-order valence-corrected chi connectivity index (χ0v) is 14.6. The van der Waals surface area contributed by atoms with Gasteiger partial charge in [0.05, 0.1) is 0 Å². The zero-order valence-electron chi connectivity index (χ0n) is 13.0. The second kappa shape index (κ2) is 7.45. The maximum Gasteiger partial charge on any atom is 0.248 e. The van der Waals surface area contributed by atoms with Crippen LogP contribution < -0.4 is 10.2 Å². The maximum absolute atomic E-state index is 12.1. The smallest absolute Gasteiger partial charge is 0.248 e. The van der Waals surface area contributed by atoms with Crippen molar-refractivity contribution in [2.24, 2.45) is 0 Å². The van der Waals surface area contributed by atoms with Gasteiger partial charge in [0, 0.05) is 34.9 Å². The summed E-state index contributed by atoms with van der Waals surface area (Å²) in [6.07, 6.45) is 4.73.